The van der Waals surface area contributed by atoms with Crippen molar-refractivity contribution in [2.24, 2.45) is 5.73 Å². The van der Waals surface area contributed by atoms with E-state index < -0.39 is 53.8 Å². The van der Waals surface area contributed by atoms with Crippen molar-refractivity contribution in [1.29, 1.82) is 0 Å². The van der Waals surface area contributed by atoms with Crippen LogP contribution in [0.1, 0.15) is 41.5 Å². The molecule has 0 aromatic carbocycles. The highest BCUT2D eigenvalue weighted by Gasteiger charge is 2.25. The standard InChI is InChI=1S/C17H32N6O5/c1-7-19-14(25)9(3)21-16(27)11(5)23-17(28)12(6)22-15(26)10(4)20-13(24)8(2)18/h8-12H,7,18H2,1-6H3,(H,19,25)(H,20,24)(H,21,27)(H,22,26)(H,23,28)/t8-,9-,10-,11-,12-/m0/s1. The maximum atomic E-state index is 12.2. The number of hydrogen-bond donors (Lipinski definition) is 6. The third kappa shape index (κ3) is 8.80. The maximum Gasteiger partial charge on any atom is 0.242 e. The van der Waals surface area contributed by atoms with Gasteiger partial charge in [-0.3, -0.25) is 24.0 Å². The summed E-state index contributed by atoms with van der Waals surface area (Å²) in [6.07, 6.45) is 0. The summed E-state index contributed by atoms with van der Waals surface area (Å²) in [5.41, 5.74) is 5.42. The van der Waals surface area contributed by atoms with Crippen molar-refractivity contribution in [3.63, 3.8) is 0 Å². The summed E-state index contributed by atoms with van der Waals surface area (Å²) in [7, 11) is 0. The SMILES string of the molecule is CCNC(=O)[C@H](C)NC(=O)[C@H](C)NC(=O)[C@H](C)NC(=O)[C@H](C)NC(=O)[C@H](C)N. The highest BCUT2D eigenvalue weighted by Crippen LogP contribution is 1.92. The fourth-order valence-electron chi connectivity index (χ4n) is 1.95. The van der Waals surface area contributed by atoms with Crippen molar-refractivity contribution in [2.45, 2.75) is 71.8 Å². The van der Waals surface area contributed by atoms with E-state index in [1.165, 1.54) is 34.6 Å². The summed E-state index contributed by atoms with van der Waals surface area (Å²) in [5.74, 6) is -2.53. The largest absolute Gasteiger partial charge is 0.355 e. The van der Waals surface area contributed by atoms with Crippen LogP contribution >= 0.6 is 0 Å². The van der Waals surface area contributed by atoms with Crippen LogP contribution < -0.4 is 32.3 Å². The Bertz CT molecular complexity index is 595. The van der Waals surface area contributed by atoms with Gasteiger partial charge >= 0.3 is 0 Å². The van der Waals surface area contributed by atoms with Gasteiger partial charge in [-0.1, -0.05) is 0 Å². The maximum absolute atomic E-state index is 12.2. The molecule has 0 aromatic rings. The summed E-state index contributed by atoms with van der Waals surface area (Å²) in [4.78, 5) is 59.4. The van der Waals surface area contributed by atoms with E-state index in [1.54, 1.807) is 6.92 Å². The Morgan fingerprint density at radius 1 is 0.607 bits per heavy atom. The third-order valence-electron chi connectivity index (χ3n) is 3.77. The molecule has 0 fully saturated rings. The van der Waals surface area contributed by atoms with E-state index >= 15 is 0 Å². The van der Waals surface area contributed by atoms with E-state index in [4.69, 9.17) is 5.73 Å². The van der Waals surface area contributed by atoms with Crippen LogP contribution in [0.25, 0.3) is 0 Å². The molecule has 5 amide bonds. The lowest BCUT2D eigenvalue weighted by atomic mass is 10.2. The summed E-state index contributed by atoms with van der Waals surface area (Å²) >= 11 is 0. The molecule has 0 unspecified atom stereocenters. The monoisotopic (exact) mass is 400 g/mol. The number of rotatable bonds is 10. The summed E-state index contributed by atoms with van der Waals surface area (Å²) < 4.78 is 0. The molecular weight excluding hydrogens is 368 g/mol. The number of carbonyl (C=O) groups excluding carboxylic acids is 5. The van der Waals surface area contributed by atoms with Gasteiger partial charge in [-0.15, -0.1) is 0 Å². The minimum atomic E-state index is -0.946. The quantitative estimate of drug-likeness (QED) is 0.236. The van der Waals surface area contributed by atoms with Crippen LogP contribution in [0.15, 0.2) is 0 Å². The molecule has 0 aliphatic heterocycles. The number of likely N-dealkylation sites (N-methyl/N-ethyl adjacent to an activating group) is 1. The third-order valence-corrected chi connectivity index (χ3v) is 3.77. The van der Waals surface area contributed by atoms with E-state index in [0.717, 1.165) is 0 Å². The van der Waals surface area contributed by atoms with Gasteiger partial charge in [-0.2, -0.15) is 0 Å². The molecule has 0 heterocycles. The second kappa shape index (κ2) is 11.9. The highest BCUT2D eigenvalue weighted by molar-refractivity contribution is 5.95. The number of nitrogens with two attached hydrogens (primary N) is 1. The lowest BCUT2D eigenvalue weighted by molar-refractivity contribution is -0.133. The van der Waals surface area contributed by atoms with E-state index in [-0.39, 0.29) is 5.91 Å². The summed E-state index contributed by atoms with van der Waals surface area (Å²) in [6.45, 7) is 9.55. The van der Waals surface area contributed by atoms with Crippen LogP contribution in [0.4, 0.5) is 0 Å². The first-order valence-corrected chi connectivity index (χ1v) is 9.15. The van der Waals surface area contributed by atoms with Gasteiger partial charge in [0, 0.05) is 6.54 Å². The second-order valence-electron chi connectivity index (χ2n) is 6.60. The van der Waals surface area contributed by atoms with E-state index in [9.17, 15) is 24.0 Å². The van der Waals surface area contributed by atoms with Gasteiger partial charge in [0.05, 0.1) is 6.04 Å². The molecule has 11 nitrogen and oxygen atoms in total. The van der Waals surface area contributed by atoms with Gasteiger partial charge in [0.25, 0.3) is 0 Å². The van der Waals surface area contributed by atoms with Gasteiger partial charge in [-0.05, 0) is 41.5 Å². The van der Waals surface area contributed by atoms with Crippen LogP contribution in [0.2, 0.25) is 0 Å². The van der Waals surface area contributed by atoms with E-state index in [2.05, 4.69) is 26.6 Å². The van der Waals surface area contributed by atoms with Crippen LogP contribution in [0.5, 0.6) is 0 Å². The molecule has 7 N–H and O–H groups in total. The first-order chi connectivity index (χ1) is 12.9. The zero-order chi connectivity index (χ0) is 22.0. The van der Waals surface area contributed by atoms with E-state index in [0.29, 0.717) is 6.54 Å². The predicted molar refractivity (Wildman–Crippen MR) is 103 cm³/mol. The molecule has 0 aromatic heterocycles. The molecule has 160 valence electrons. The Morgan fingerprint density at radius 3 is 1.18 bits per heavy atom. The second-order valence-corrected chi connectivity index (χ2v) is 6.60. The van der Waals surface area contributed by atoms with Crippen molar-refractivity contribution in [1.82, 2.24) is 26.6 Å². The first kappa shape index (κ1) is 25.3. The molecule has 0 aliphatic rings. The smallest absolute Gasteiger partial charge is 0.242 e. The Morgan fingerprint density at radius 2 is 0.893 bits per heavy atom. The normalized spacial score (nSPS) is 15.8. The zero-order valence-electron chi connectivity index (χ0n) is 17.2. The van der Waals surface area contributed by atoms with Gasteiger partial charge in [0.15, 0.2) is 0 Å². The van der Waals surface area contributed by atoms with Crippen molar-refractivity contribution in [3.8, 4) is 0 Å². The minimum absolute atomic E-state index is 0.335. The Kier molecular flexibility index (Phi) is 10.8. The van der Waals surface area contributed by atoms with Crippen LogP contribution in [0, 0.1) is 0 Å². The molecule has 28 heavy (non-hydrogen) atoms. The van der Waals surface area contributed by atoms with Crippen LogP contribution in [-0.4, -0.2) is 66.3 Å². The van der Waals surface area contributed by atoms with Gasteiger partial charge in [0.1, 0.15) is 24.2 Å². The Balaban J connectivity index is 4.55. The fourth-order valence-corrected chi connectivity index (χ4v) is 1.95. The molecular formula is C17H32N6O5. The topological polar surface area (TPSA) is 172 Å². The summed E-state index contributed by atoms with van der Waals surface area (Å²) in [5, 5.41) is 12.4. The van der Waals surface area contributed by atoms with Crippen LogP contribution in [0.3, 0.4) is 0 Å². The molecule has 0 saturated heterocycles. The van der Waals surface area contributed by atoms with Crippen molar-refractivity contribution < 1.29 is 24.0 Å². The molecule has 0 bridgehead atoms. The van der Waals surface area contributed by atoms with Gasteiger partial charge in [-0.25, -0.2) is 0 Å². The van der Waals surface area contributed by atoms with Crippen molar-refractivity contribution in [2.75, 3.05) is 6.54 Å². The predicted octanol–water partition coefficient (Wildman–Crippen LogP) is -2.51. The average Bonchev–Trinajstić information content (AvgIpc) is 2.60. The van der Waals surface area contributed by atoms with Crippen LogP contribution in [-0.2, 0) is 24.0 Å². The molecule has 0 radical (unpaired) electrons. The first-order valence-electron chi connectivity index (χ1n) is 9.15. The van der Waals surface area contributed by atoms with Gasteiger partial charge in [0.2, 0.25) is 29.5 Å². The minimum Gasteiger partial charge on any atom is -0.355 e. The average molecular weight is 400 g/mol. The van der Waals surface area contributed by atoms with Crippen molar-refractivity contribution >= 4 is 29.5 Å². The molecule has 5 atom stereocenters. The van der Waals surface area contributed by atoms with E-state index in [1.807, 2.05) is 0 Å². The number of amides is 5. The zero-order valence-corrected chi connectivity index (χ0v) is 17.2. The number of carbonyl (C=O) groups is 5. The molecule has 0 saturated carbocycles. The van der Waals surface area contributed by atoms with Gasteiger partial charge < -0.3 is 32.3 Å². The number of nitrogens with one attached hydrogen (secondary N) is 5. The lowest BCUT2D eigenvalue weighted by Crippen LogP contribution is -2.56. The molecule has 11 heteroatoms. The Labute approximate surface area is 164 Å². The lowest BCUT2D eigenvalue weighted by Gasteiger charge is -2.21. The molecule has 0 spiro atoms. The Hall–Kier alpha value is -2.69. The molecule has 0 rings (SSSR count). The number of hydrogen-bond acceptors (Lipinski definition) is 6. The van der Waals surface area contributed by atoms with Crippen molar-refractivity contribution in [3.05, 3.63) is 0 Å². The molecule has 0 aliphatic carbocycles. The highest BCUT2D eigenvalue weighted by atomic mass is 16.2. The summed E-state index contributed by atoms with van der Waals surface area (Å²) in [6, 6.07) is -4.26. The fraction of sp³-hybridized carbons (Fsp3) is 0.706.